The van der Waals surface area contributed by atoms with E-state index in [1.807, 2.05) is 31.2 Å². The highest BCUT2D eigenvalue weighted by molar-refractivity contribution is 7.91. The van der Waals surface area contributed by atoms with E-state index in [9.17, 15) is 13.5 Å². The maximum atomic E-state index is 12.5. The van der Waals surface area contributed by atoms with Gasteiger partial charge in [0.15, 0.2) is 0 Å². The van der Waals surface area contributed by atoms with E-state index in [0.717, 1.165) is 11.5 Å². The van der Waals surface area contributed by atoms with Gasteiger partial charge in [0.2, 0.25) is 9.84 Å². The predicted octanol–water partition coefficient (Wildman–Crippen LogP) is 12.3. The zero-order valence-electron chi connectivity index (χ0n) is 31.5. The number of phenolic OH excluding ortho intramolecular Hbond substituents is 1. The molecule has 50 heavy (non-hydrogen) atoms. The van der Waals surface area contributed by atoms with E-state index in [1.54, 1.807) is 23.3 Å². The molecule has 0 aliphatic heterocycles. The van der Waals surface area contributed by atoms with Crippen LogP contribution < -0.4 is 4.74 Å². The van der Waals surface area contributed by atoms with Crippen LogP contribution in [-0.2, 0) is 21.7 Å². The second-order valence-electron chi connectivity index (χ2n) is 13.7. The van der Waals surface area contributed by atoms with Gasteiger partial charge < -0.3 is 9.84 Å². The molecule has 5 aromatic rings. The molecule has 0 aromatic heterocycles. The molecular formula is C45H56O4S. The number of sulfone groups is 1. The van der Waals surface area contributed by atoms with Crippen LogP contribution in [0.2, 0.25) is 0 Å². The van der Waals surface area contributed by atoms with Gasteiger partial charge in [0, 0.05) is 0 Å². The molecule has 6 rings (SSSR count). The molecule has 0 saturated carbocycles. The first-order valence-corrected chi connectivity index (χ1v) is 19.2. The number of aromatic hydroxyl groups is 1. The topological polar surface area (TPSA) is 63.6 Å². The minimum Gasteiger partial charge on any atom is -0.508 e. The third kappa shape index (κ3) is 11.6. The van der Waals surface area contributed by atoms with Crippen molar-refractivity contribution in [3.8, 4) is 17.2 Å². The molecule has 0 spiro atoms. The van der Waals surface area contributed by atoms with Gasteiger partial charge in [-0.2, -0.15) is 0 Å². The lowest BCUT2D eigenvalue weighted by Gasteiger charge is -2.41. The molecule has 5 aromatic carbocycles. The molecule has 0 fully saturated rings. The Morgan fingerprint density at radius 3 is 1.44 bits per heavy atom. The summed E-state index contributed by atoms with van der Waals surface area (Å²) < 4.78 is 30.8. The summed E-state index contributed by atoms with van der Waals surface area (Å²) in [5, 5.41) is 9.28. The first kappa shape index (κ1) is 40.1. The quantitative estimate of drug-likeness (QED) is 0.184. The van der Waals surface area contributed by atoms with E-state index in [-0.39, 0.29) is 15.5 Å². The highest BCUT2D eigenvalue weighted by atomic mass is 32.2. The van der Waals surface area contributed by atoms with E-state index in [1.165, 1.54) is 78.8 Å². The van der Waals surface area contributed by atoms with E-state index in [2.05, 4.69) is 97.9 Å². The van der Waals surface area contributed by atoms with Crippen LogP contribution >= 0.6 is 0 Å². The molecular weight excluding hydrogens is 637 g/mol. The van der Waals surface area contributed by atoms with E-state index in [0.29, 0.717) is 16.9 Å². The van der Waals surface area contributed by atoms with Crippen LogP contribution in [0.25, 0.3) is 0 Å². The van der Waals surface area contributed by atoms with Gasteiger partial charge in [-0.25, -0.2) is 8.42 Å². The highest BCUT2D eigenvalue weighted by Gasteiger charge is 2.36. The maximum absolute atomic E-state index is 12.5. The zero-order valence-corrected chi connectivity index (χ0v) is 32.3. The number of benzene rings is 5. The Balaban J connectivity index is 0.000000214. The van der Waals surface area contributed by atoms with Crippen LogP contribution in [0.1, 0.15) is 87.3 Å². The summed E-state index contributed by atoms with van der Waals surface area (Å²) in [6, 6.07) is 34.6. The number of hydrogen-bond donors (Lipinski definition) is 1. The standard InChI is InChI=1S/C19H16O4S.C12H16.C8H10.C6H14/c1-14-2-6-16(7-3-14)23-17-8-12-19(13-9-17)24(21,22)18-10-4-15(20)5-11-18;1-4-12(3)8-10-7-9(2)5-6-11(10)12;1-7-3-5-8(2)6-4-7;1-4-6(3)5-2/h2-13,20H,1H3;5-7H,4,8H2,1-3H3;3-6H,1-2H3;6H,4-5H2,1-3H3. The van der Waals surface area contributed by atoms with Gasteiger partial charge in [-0.05, 0) is 124 Å². The Morgan fingerprint density at radius 2 is 1.04 bits per heavy atom. The SMILES string of the molecule is CCC(C)CC.CCC1(C)Cc2cc(C)ccc21.Cc1ccc(C)cc1.Cc1ccc(Oc2ccc(S(=O)(=O)c3ccc(O)cc3)cc2)cc1. The number of rotatable bonds is 7. The van der Waals surface area contributed by atoms with Crippen LogP contribution in [0.5, 0.6) is 17.2 Å². The van der Waals surface area contributed by atoms with Crippen molar-refractivity contribution in [1.82, 2.24) is 0 Å². The van der Waals surface area contributed by atoms with Gasteiger partial charge in [-0.15, -0.1) is 0 Å². The molecule has 5 heteroatoms. The van der Waals surface area contributed by atoms with Crippen molar-refractivity contribution >= 4 is 9.84 Å². The molecule has 0 amide bonds. The molecule has 1 unspecified atom stereocenters. The summed E-state index contributed by atoms with van der Waals surface area (Å²) in [5.74, 6) is 2.21. The van der Waals surface area contributed by atoms with Gasteiger partial charge >= 0.3 is 0 Å². The molecule has 1 aliphatic rings. The van der Waals surface area contributed by atoms with Crippen LogP contribution in [0.15, 0.2) is 125 Å². The van der Waals surface area contributed by atoms with E-state index < -0.39 is 9.84 Å². The van der Waals surface area contributed by atoms with Gasteiger partial charge in [-0.1, -0.05) is 124 Å². The van der Waals surface area contributed by atoms with Crippen molar-refractivity contribution in [2.75, 3.05) is 0 Å². The van der Waals surface area contributed by atoms with Crippen molar-refractivity contribution < 1.29 is 18.3 Å². The second-order valence-corrected chi connectivity index (χ2v) is 15.7. The lowest BCUT2D eigenvalue weighted by molar-refractivity contribution is 0.395. The van der Waals surface area contributed by atoms with Gasteiger partial charge in [0.05, 0.1) is 9.79 Å². The first-order valence-electron chi connectivity index (χ1n) is 17.7. The Kier molecular flexibility index (Phi) is 14.9. The molecule has 1 N–H and O–H groups in total. The van der Waals surface area contributed by atoms with E-state index >= 15 is 0 Å². The number of fused-ring (bicyclic) bond motifs is 1. The second kappa shape index (κ2) is 18.6. The molecule has 0 radical (unpaired) electrons. The maximum Gasteiger partial charge on any atom is 0.206 e. The zero-order chi connectivity index (χ0) is 36.9. The summed E-state index contributed by atoms with van der Waals surface area (Å²) in [6.07, 6.45) is 5.20. The van der Waals surface area contributed by atoms with Crippen LogP contribution in [-0.4, -0.2) is 13.5 Å². The average molecular weight is 693 g/mol. The summed E-state index contributed by atoms with van der Waals surface area (Å²) in [6.45, 7) is 19.7. The normalized spacial score (nSPS) is 14.4. The first-order chi connectivity index (χ1) is 23.7. The summed E-state index contributed by atoms with van der Waals surface area (Å²) in [7, 11) is -3.62. The molecule has 1 aliphatic carbocycles. The number of ether oxygens (including phenoxy) is 1. The van der Waals surface area contributed by atoms with E-state index in [4.69, 9.17) is 4.74 Å². The fourth-order valence-corrected chi connectivity index (χ4v) is 6.56. The summed E-state index contributed by atoms with van der Waals surface area (Å²) in [4.78, 5) is 0.303. The Labute approximate surface area is 302 Å². The molecule has 266 valence electrons. The largest absolute Gasteiger partial charge is 0.508 e. The van der Waals surface area contributed by atoms with Crippen LogP contribution in [0, 0.1) is 33.6 Å². The minimum absolute atomic E-state index is 0.0239. The van der Waals surface area contributed by atoms with Crippen molar-refractivity contribution in [2.45, 2.75) is 103 Å². The van der Waals surface area contributed by atoms with Crippen molar-refractivity contribution in [3.05, 3.63) is 149 Å². The number of hydrogen-bond acceptors (Lipinski definition) is 4. The van der Waals surface area contributed by atoms with Crippen molar-refractivity contribution in [3.63, 3.8) is 0 Å². The molecule has 0 saturated heterocycles. The summed E-state index contributed by atoms with van der Waals surface area (Å²) in [5.41, 5.74) is 8.83. The average Bonchev–Trinajstić information content (AvgIpc) is 3.11. The monoisotopic (exact) mass is 692 g/mol. The fourth-order valence-electron chi connectivity index (χ4n) is 5.30. The molecule has 1 atom stereocenters. The lowest BCUT2D eigenvalue weighted by Crippen LogP contribution is -2.34. The third-order valence-electron chi connectivity index (χ3n) is 9.42. The van der Waals surface area contributed by atoms with Crippen molar-refractivity contribution in [2.24, 2.45) is 5.92 Å². The Hall–Kier alpha value is -4.35. The van der Waals surface area contributed by atoms with Crippen LogP contribution in [0.3, 0.4) is 0 Å². The van der Waals surface area contributed by atoms with Crippen LogP contribution in [0.4, 0.5) is 0 Å². The highest BCUT2D eigenvalue weighted by Crippen LogP contribution is 2.43. The molecule has 0 heterocycles. The predicted molar refractivity (Wildman–Crippen MR) is 209 cm³/mol. The fraction of sp³-hybridized carbons (Fsp3) is 0.333. The molecule has 4 nitrogen and oxygen atoms in total. The Bertz CT molecular complexity index is 1830. The minimum atomic E-state index is -3.62. The third-order valence-corrected chi connectivity index (χ3v) is 11.2. The number of phenols is 1. The molecule has 0 bridgehead atoms. The van der Waals surface area contributed by atoms with Gasteiger partial charge in [-0.3, -0.25) is 0 Å². The number of aryl methyl sites for hydroxylation is 4. The van der Waals surface area contributed by atoms with Crippen molar-refractivity contribution in [1.29, 1.82) is 0 Å². The lowest BCUT2D eigenvalue weighted by atomic mass is 9.63. The van der Waals surface area contributed by atoms with Gasteiger partial charge in [0.1, 0.15) is 17.2 Å². The Morgan fingerprint density at radius 1 is 0.640 bits per heavy atom. The summed E-state index contributed by atoms with van der Waals surface area (Å²) >= 11 is 0. The van der Waals surface area contributed by atoms with Gasteiger partial charge in [0.25, 0.3) is 0 Å². The smallest absolute Gasteiger partial charge is 0.206 e.